The molecule has 0 aliphatic carbocycles. The number of nitrogens with zero attached hydrogens (tertiary/aromatic N) is 3. The van der Waals surface area contributed by atoms with Crippen molar-refractivity contribution in [3.63, 3.8) is 0 Å². The molecule has 2 aliphatic heterocycles. The molecule has 0 N–H and O–H groups in total. The monoisotopic (exact) mass is 315 g/mol. The minimum absolute atomic E-state index is 0.627. The van der Waals surface area contributed by atoms with Crippen molar-refractivity contribution in [2.75, 3.05) is 46.3 Å². The predicted octanol–water partition coefficient (Wildman–Crippen LogP) is 3.02. The fraction of sp³-hybridized carbons (Fsp3) is 0.700. The van der Waals surface area contributed by atoms with Gasteiger partial charge < -0.3 is 4.90 Å². The highest BCUT2D eigenvalue weighted by molar-refractivity contribution is 5.24. The lowest BCUT2D eigenvalue weighted by Gasteiger charge is -2.42. The quantitative estimate of drug-likeness (QED) is 0.845. The van der Waals surface area contributed by atoms with Crippen LogP contribution in [-0.4, -0.2) is 67.1 Å². The van der Waals surface area contributed by atoms with Gasteiger partial charge in [0.05, 0.1) is 0 Å². The SMILES string of the molecule is CC(C)c1ccc(CN2CCN(C3CCN(C)CC3)CC2)cc1. The van der Waals surface area contributed by atoms with Gasteiger partial charge in [0.2, 0.25) is 0 Å². The van der Waals surface area contributed by atoms with Crippen LogP contribution in [0.3, 0.4) is 0 Å². The number of hydrogen-bond donors (Lipinski definition) is 0. The molecule has 1 aromatic rings. The van der Waals surface area contributed by atoms with E-state index in [2.05, 4.69) is 59.9 Å². The molecule has 0 aromatic heterocycles. The van der Waals surface area contributed by atoms with Crippen molar-refractivity contribution >= 4 is 0 Å². The van der Waals surface area contributed by atoms with Crippen LogP contribution in [0.5, 0.6) is 0 Å². The molecule has 0 radical (unpaired) electrons. The van der Waals surface area contributed by atoms with E-state index >= 15 is 0 Å². The van der Waals surface area contributed by atoms with Gasteiger partial charge in [-0.3, -0.25) is 9.80 Å². The van der Waals surface area contributed by atoms with Gasteiger partial charge in [-0.05, 0) is 50.0 Å². The Hall–Kier alpha value is -0.900. The van der Waals surface area contributed by atoms with Crippen molar-refractivity contribution in [2.45, 2.75) is 45.2 Å². The minimum Gasteiger partial charge on any atom is -0.306 e. The van der Waals surface area contributed by atoms with E-state index < -0.39 is 0 Å². The smallest absolute Gasteiger partial charge is 0.0234 e. The number of piperidine rings is 1. The zero-order valence-corrected chi connectivity index (χ0v) is 15.2. The van der Waals surface area contributed by atoms with Gasteiger partial charge in [-0.25, -0.2) is 0 Å². The molecule has 3 nitrogen and oxygen atoms in total. The first-order valence-corrected chi connectivity index (χ1v) is 9.35. The molecule has 0 unspecified atom stereocenters. The Kier molecular flexibility index (Phi) is 5.73. The van der Waals surface area contributed by atoms with Crippen molar-refractivity contribution in [3.05, 3.63) is 35.4 Å². The average Bonchev–Trinajstić information content (AvgIpc) is 2.57. The largest absolute Gasteiger partial charge is 0.306 e. The van der Waals surface area contributed by atoms with Crippen LogP contribution in [0.15, 0.2) is 24.3 Å². The van der Waals surface area contributed by atoms with E-state index in [1.165, 1.54) is 63.2 Å². The van der Waals surface area contributed by atoms with Crippen LogP contribution in [0.1, 0.15) is 43.7 Å². The minimum atomic E-state index is 0.627. The van der Waals surface area contributed by atoms with Crippen molar-refractivity contribution in [3.8, 4) is 0 Å². The molecule has 2 aliphatic rings. The van der Waals surface area contributed by atoms with Crippen molar-refractivity contribution in [1.29, 1.82) is 0 Å². The molecule has 1 aromatic carbocycles. The van der Waals surface area contributed by atoms with Crippen LogP contribution in [0.25, 0.3) is 0 Å². The molecule has 2 fully saturated rings. The lowest BCUT2D eigenvalue weighted by atomic mass is 10.0. The van der Waals surface area contributed by atoms with E-state index in [4.69, 9.17) is 0 Å². The zero-order valence-electron chi connectivity index (χ0n) is 15.2. The molecule has 3 rings (SSSR count). The van der Waals surface area contributed by atoms with Gasteiger partial charge in [0.1, 0.15) is 0 Å². The van der Waals surface area contributed by atoms with E-state index in [0.29, 0.717) is 5.92 Å². The van der Waals surface area contributed by atoms with Crippen molar-refractivity contribution in [2.24, 2.45) is 0 Å². The summed E-state index contributed by atoms with van der Waals surface area (Å²) in [5, 5.41) is 0. The van der Waals surface area contributed by atoms with Gasteiger partial charge >= 0.3 is 0 Å². The molecule has 23 heavy (non-hydrogen) atoms. The number of hydrogen-bond acceptors (Lipinski definition) is 3. The second kappa shape index (κ2) is 7.78. The Morgan fingerprint density at radius 2 is 1.52 bits per heavy atom. The van der Waals surface area contributed by atoms with Crippen LogP contribution in [0.4, 0.5) is 0 Å². The molecule has 2 heterocycles. The van der Waals surface area contributed by atoms with Gasteiger partial charge in [0, 0.05) is 38.8 Å². The summed E-state index contributed by atoms with van der Waals surface area (Å²) in [6, 6.07) is 10.1. The molecule has 0 spiro atoms. The van der Waals surface area contributed by atoms with Gasteiger partial charge in [0.25, 0.3) is 0 Å². The highest BCUT2D eigenvalue weighted by Gasteiger charge is 2.26. The molecule has 0 amide bonds. The highest BCUT2D eigenvalue weighted by atomic mass is 15.3. The third kappa shape index (κ3) is 4.56. The van der Waals surface area contributed by atoms with Crippen LogP contribution in [0, 0.1) is 0 Å². The summed E-state index contributed by atoms with van der Waals surface area (Å²) in [6.45, 7) is 13.1. The lowest BCUT2D eigenvalue weighted by molar-refractivity contribution is 0.0618. The summed E-state index contributed by atoms with van der Waals surface area (Å²) in [7, 11) is 2.25. The molecular weight excluding hydrogens is 282 g/mol. The first-order chi connectivity index (χ1) is 11.1. The fourth-order valence-corrected chi connectivity index (χ4v) is 3.91. The maximum Gasteiger partial charge on any atom is 0.0234 e. The maximum atomic E-state index is 2.74. The van der Waals surface area contributed by atoms with Gasteiger partial charge in [-0.1, -0.05) is 38.1 Å². The molecule has 0 atom stereocenters. The number of likely N-dealkylation sites (tertiary alicyclic amines) is 1. The Morgan fingerprint density at radius 3 is 2.09 bits per heavy atom. The Labute approximate surface area is 142 Å². The third-order valence-electron chi connectivity index (χ3n) is 5.66. The van der Waals surface area contributed by atoms with Crippen LogP contribution < -0.4 is 0 Å². The average molecular weight is 316 g/mol. The molecule has 128 valence electrons. The lowest BCUT2D eigenvalue weighted by Crippen LogP contribution is -2.52. The zero-order chi connectivity index (χ0) is 16.2. The fourth-order valence-electron chi connectivity index (χ4n) is 3.91. The van der Waals surface area contributed by atoms with Crippen LogP contribution >= 0.6 is 0 Å². The van der Waals surface area contributed by atoms with E-state index in [1.807, 2.05) is 0 Å². The van der Waals surface area contributed by atoms with Gasteiger partial charge in [-0.15, -0.1) is 0 Å². The molecule has 3 heteroatoms. The summed E-state index contributed by atoms with van der Waals surface area (Å²) >= 11 is 0. The normalized spacial score (nSPS) is 22.8. The summed E-state index contributed by atoms with van der Waals surface area (Å²) in [6.07, 6.45) is 2.71. The van der Waals surface area contributed by atoms with Gasteiger partial charge in [-0.2, -0.15) is 0 Å². The van der Waals surface area contributed by atoms with Crippen LogP contribution in [-0.2, 0) is 6.54 Å². The number of piperazine rings is 1. The van der Waals surface area contributed by atoms with E-state index in [-0.39, 0.29) is 0 Å². The van der Waals surface area contributed by atoms with Crippen molar-refractivity contribution in [1.82, 2.24) is 14.7 Å². The van der Waals surface area contributed by atoms with E-state index in [9.17, 15) is 0 Å². The first kappa shape index (κ1) is 16.9. The summed E-state index contributed by atoms with van der Waals surface area (Å²) in [5.74, 6) is 0.627. The van der Waals surface area contributed by atoms with Gasteiger partial charge in [0.15, 0.2) is 0 Å². The Bertz CT molecular complexity index is 466. The number of benzene rings is 1. The summed E-state index contributed by atoms with van der Waals surface area (Å²) in [4.78, 5) is 7.83. The molecule has 0 saturated carbocycles. The van der Waals surface area contributed by atoms with Crippen LogP contribution in [0.2, 0.25) is 0 Å². The Balaban J connectivity index is 1.45. The first-order valence-electron chi connectivity index (χ1n) is 9.35. The van der Waals surface area contributed by atoms with Crippen molar-refractivity contribution < 1.29 is 0 Å². The molecule has 2 saturated heterocycles. The molecular formula is C20H33N3. The number of rotatable bonds is 4. The topological polar surface area (TPSA) is 9.72 Å². The second-order valence-electron chi connectivity index (χ2n) is 7.74. The highest BCUT2D eigenvalue weighted by Crippen LogP contribution is 2.19. The Morgan fingerprint density at radius 1 is 0.913 bits per heavy atom. The maximum absolute atomic E-state index is 2.74. The van der Waals surface area contributed by atoms with E-state index in [1.54, 1.807) is 0 Å². The standard InChI is InChI=1S/C20H33N3/c1-17(2)19-6-4-18(5-7-19)16-22-12-14-23(15-13-22)20-8-10-21(3)11-9-20/h4-7,17,20H,8-16H2,1-3H3. The summed E-state index contributed by atoms with van der Waals surface area (Å²) in [5.41, 5.74) is 2.91. The summed E-state index contributed by atoms with van der Waals surface area (Å²) < 4.78 is 0. The predicted molar refractivity (Wildman–Crippen MR) is 97.9 cm³/mol. The second-order valence-corrected chi connectivity index (χ2v) is 7.74. The van der Waals surface area contributed by atoms with E-state index in [0.717, 1.165) is 12.6 Å². The third-order valence-corrected chi connectivity index (χ3v) is 5.66. The molecule has 0 bridgehead atoms.